The van der Waals surface area contributed by atoms with Crippen molar-refractivity contribution in [3.63, 3.8) is 0 Å². The molecule has 1 fully saturated rings. The van der Waals surface area contributed by atoms with Crippen LogP contribution in [0.3, 0.4) is 0 Å². The number of nitrogens with one attached hydrogen (secondary N) is 1. The van der Waals surface area contributed by atoms with E-state index in [-0.39, 0.29) is 0 Å². The second-order valence-electron chi connectivity index (χ2n) is 5.51. The Morgan fingerprint density at radius 1 is 1.11 bits per heavy atom. The first-order valence-electron chi connectivity index (χ1n) is 7.78. The maximum atomic E-state index is 5.24. The van der Waals surface area contributed by atoms with Crippen molar-refractivity contribution in [3.05, 3.63) is 0 Å². The Bertz CT molecular complexity index is 179. The van der Waals surface area contributed by atoms with E-state index in [0.717, 1.165) is 19.1 Å². The molecule has 0 aromatic heterocycles. The van der Waals surface area contributed by atoms with E-state index in [1.807, 2.05) is 7.11 Å². The lowest BCUT2D eigenvalue weighted by Gasteiger charge is -2.31. The molecule has 1 saturated heterocycles. The molecule has 0 amide bonds. The average Bonchev–Trinajstić information content (AvgIpc) is 2.40. The molecule has 0 bridgehead atoms. The van der Waals surface area contributed by atoms with Crippen LogP contribution in [0.4, 0.5) is 0 Å². The molecule has 0 radical (unpaired) electrons. The van der Waals surface area contributed by atoms with Crippen LogP contribution in [0, 0.1) is 5.92 Å². The van der Waals surface area contributed by atoms with Gasteiger partial charge in [0, 0.05) is 13.7 Å². The number of hydrogen-bond donors (Lipinski definition) is 1. The molecule has 0 aliphatic carbocycles. The SMILES string of the molecule is CCNCCCCCCN1CCC(COC)CC1. The fraction of sp³-hybridized carbons (Fsp3) is 1.00. The molecular weight excluding hydrogens is 224 g/mol. The number of unbranched alkanes of at least 4 members (excludes halogenated alkanes) is 3. The van der Waals surface area contributed by atoms with Gasteiger partial charge in [-0.15, -0.1) is 0 Å². The van der Waals surface area contributed by atoms with Gasteiger partial charge in [-0.1, -0.05) is 19.8 Å². The predicted molar refractivity (Wildman–Crippen MR) is 78.1 cm³/mol. The Hall–Kier alpha value is -0.120. The van der Waals surface area contributed by atoms with E-state index in [9.17, 15) is 0 Å². The van der Waals surface area contributed by atoms with E-state index in [1.54, 1.807) is 0 Å². The Morgan fingerprint density at radius 3 is 2.50 bits per heavy atom. The molecule has 0 spiro atoms. The maximum Gasteiger partial charge on any atom is 0.0491 e. The molecule has 1 aliphatic heterocycles. The van der Waals surface area contributed by atoms with Gasteiger partial charge in [-0.3, -0.25) is 0 Å². The summed E-state index contributed by atoms with van der Waals surface area (Å²) in [6.45, 7) is 9.30. The van der Waals surface area contributed by atoms with Gasteiger partial charge < -0.3 is 15.0 Å². The molecule has 0 atom stereocenters. The highest BCUT2D eigenvalue weighted by atomic mass is 16.5. The third-order valence-corrected chi connectivity index (χ3v) is 3.94. The van der Waals surface area contributed by atoms with Crippen molar-refractivity contribution in [2.24, 2.45) is 5.92 Å². The quantitative estimate of drug-likeness (QED) is 0.608. The Kier molecular flexibility index (Phi) is 9.54. The second kappa shape index (κ2) is 10.8. The normalized spacial score (nSPS) is 18.3. The molecule has 3 nitrogen and oxygen atoms in total. The maximum absolute atomic E-state index is 5.24. The largest absolute Gasteiger partial charge is 0.384 e. The lowest BCUT2D eigenvalue weighted by atomic mass is 9.97. The third kappa shape index (κ3) is 7.34. The molecule has 1 N–H and O–H groups in total. The van der Waals surface area contributed by atoms with E-state index in [4.69, 9.17) is 4.74 Å². The number of nitrogens with zero attached hydrogens (tertiary/aromatic N) is 1. The van der Waals surface area contributed by atoms with Crippen molar-refractivity contribution < 1.29 is 4.74 Å². The smallest absolute Gasteiger partial charge is 0.0491 e. The fourth-order valence-electron chi connectivity index (χ4n) is 2.73. The zero-order valence-corrected chi connectivity index (χ0v) is 12.4. The van der Waals surface area contributed by atoms with Crippen LogP contribution in [0.1, 0.15) is 45.4 Å². The van der Waals surface area contributed by atoms with E-state index in [0.29, 0.717) is 0 Å². The number of piperidine rings is 1. The standard InChI is InChI=1S/C15H32N2O/c1-3-16-10-6-4-5-7-11-17-12-8-15(9-13-17)14-18-2/h15-16H,3-14H2,1-2H3. The number of methoxy groups -OCH3 is 1. The summed E-state index contributed by atoms with van der Waals surface area (Å²) in [5.74, 6) is 0.811. The van der Waals surface area contributed by atoms with Crippen molar-refractivity contribution in [3.8, 4) is 0 Å². The zero-order chi connectivity index (χ0) is 13.1. The van der Waals surface area contributed by atoms with Gasteiger partial charge in [-0.05, 0) is 64.3 Å². The van der Waals surface area contributed by atoms with Gasteiger partial charge >= 0.3 is 0 Å². The fourth-order valence-corrected chi connectivity index (χ4v) is 2.73. The van der Waals surface area contributed by atoms with Gasteiger partial charge in [0.05, 0.1) is 0 Å². The highest BCUT2D eigenvalue weighted by Gasteiger charge is 2.18. The third-order valence-electron chi connectivity index (χ3n) is 3.94. The van der Waals surface area contributed by atoms with Crippen LogP contribution in [-0.4, -0.2) is 51.3 Å². The van der Waals surface area contributed by atoms with Crippen molar-refractivity contribution in [2.75, 3.05) is 46.4 Å². The summed E-state index contributed by atoms with van der Waals surface area (Å²) in [5, 5.41) is 3.38. The second-order valence-corrected chi connectivity index (χ2v) is 5.51. The molecule has 0 unspecified atom stereocenters. The number of hydrogen-bond acceptors (Lipinski definition) is 3. The molecule has 0 aromatic rings. The predicted octanol–water partition coefficient (Wildman–Crippen LogP) is 2.51. The summed E-state index contributed by atoms with van der Waals surface area (Å²) in [6, 6.07) is 0. The molecule has 18 heavy (non-hydrogen) atoms. The van der Waals surface area contributed by atoms with Crippen molar-refractivity contribution in [1.29, 1.82) is 0 Å². The summed E-state index contributed by atoms with van der Waals surface area (Å²) in [4.78, 5) is 2.64. The van der Waals surface area contributed by atoms with Crippen LogP contribution in [-0.2, 0) is 4.74 Å². The van der Waals surface area contributed by atoms with Crippen molar-refractivity contribution in [2.45, 2.75) is 45.4 Å². The summed E-state index contributed by atoms with van der Waals surface area (Å²) in [5.41, 5.74) is 0. The first-order valence-corrected chi connectivity index (χ1v) is 7.78. The van der Waals surface area contributed by atoms with Crippen LogP contribution in [0.25, 0.3) is 0 Å². The molecule has 1 rings (SSSR count). The molecule has 3 heteroatoms. The minimum atomic E-state index is 0.811. The molecule has 1 heterocycles. The topological polar surface area (TPSA) is 24.5 Å². The molecule has 1 aliphatic rings. The van der Waals surface area contributed by atoms with Crippen LogP contribution in [0.5, 0.6) is 0 Å². The first-order chi connectivity index (χ1) is 8.86. The monoisotopic (exact) mass is 256 g/mol. The Balaban J connectivity index is 1.88. The number of likely N-dealkylation sites (tertiary alicyclic amines) is 1. The van der Waals surface area contributed by atoms with Crippen LogP contribution in [0.15, 0.2) is 0 Å². The highest BCUT2D eigenvalue weighted by Crippen LogP contribution is 2.17. The van der Waals surface area contributed by atoms with E-state index in [1.165, 1.54) is 64.7 Å². The first kappa shape index (κ1) is 15.9. The lowest BCUT2D eigenvalue weighted by Crippen LogP contribution is -2.35. The van der Waals surface area contributed by atoms with Gasteiger partial charge in [0.2, 0.25) is 0 Å². The summed E-state index contributed by atoms with van der Waals surface area (Å²) in [6.07, 6.45) is 8.14. The van der Waals surface area contributed by atoms with Crippen molar-refractivity contribution >= 4 is 0 Å². The van der Waals surface area contributed by atoms with Crippen molar-refractivity contribution in [1.82, 2.24) is 10.2 Å². The molecule has 0 saturated carbocycles. The zero-order valence-electron chi connectivity index (χ0n) is 12.4. The number of ether oxygens (including phenoxy) is 1. The van der Waals surface area contributed by atoms with Crippen LogP contribution in [0.2, 0.25) is 0 Å². The average molecular weight is 256 g/mol. The Morgan fingerprint density at radius 2 is 1.83 bits per heavy atom. The molecule has 108 valence electrons. The van der Waals surface area contributed by atoms with Gasteiger partial charge in [-0.25, -0.2) is 0 Å². The lowest BCUT2D eigenvalue weighted by molar-refractivity contribution is 0.0988. The summed E-state index contributed by atoms with van der Waals surface area (Å²) >= 11 is 0. The minimum absolute atomic E-state index is 0.811. The van der Waals surface area contributed by atoms with Gasteiger partial charge in [0.25, 0.3) is 0 Å². The van der Waals surface area contributed by atoms with E-state index < -0.39 is 0 Å². The molecular formula is C15H32N2O. The van der Waals surface area contributed by atoms with Crippen LogP contribution >= 0.6 is 0 Å². The van der Waals surface area contributed by atoms with E-state index in [2.05, 4.69) is 17.1 Å². The van der Waals surface area contributed by atoms with Crippen LogP contribution < -0.4 is 5.32 Å². The van der Waals surface area contributed by atoms with Gasteiger partial charge in [0.15, 0.2) is 0 Å². The van der Waals surface area contributed by atoms with E-state index >= 15 is 0 Å². The summed E-state index contributed by atoms with van der Waals surface area (Å²) in [7, 11) is 1.82. The summed E-state index contributed by atoms with van der Waals surface area (Å²) < 4.78 is 5.24. The van der Waals surface area contributed by atoms with Gasteiger partial charge in [-0.2, -0.15) is 0 Å². The van der Waals surface area contributed by atoms with Gasteiger partial charge in [0.1, 0.15) is 0 Å². The highest BCUT2D eigenvalue weighted by molar-refractivity contribution is 4.71. The molecule has 0 aromatic carbocycles. The number of rotatable bonds is 10. The minimum Gasteiger partial charge on any atom is -0.384 e. The Labute approximate surface area is 113 Å².